The van der Waals surface area contributed by atoms with Gasteiger partial charge in [0.25, 0.3) is 5.91 Å². The summed E-state index contributed by atoms with van der Waals surface area (Å²) in [5, 5.41) is 2.54. The van der Waals surface area contributed by atoms with E-state index < -0.39 is 0 Å². The van der Waals surface area contributed by atoms with Gasteiger partial charge in [0.05, 0.1) is 46.8 Å². The quantitative estimate of drug-likeness (QED) is 0.437. The van der Waals surface area contributed by atoms with Gasteiger partial charge >= 0.3 is 0 Å². The molecule has 34 heavy (non-hydrogen) atoms. The molecule has 4 rings (SSSR count). The number of anilines is 1. The van der Waals surface area contributed by atoms with Crippen LogP contribution in [0.25, 0.3) is 11.3 Å². The van der Waals surface area contributed by atoms with Gasteiger partial charge in [-0.1, -0.05) is 0 Å². The predicted molar refractivity (Wildman–Crippen MR) is 131 cm³/mol. The minimum absolute atomic E-state index is 0.0423. The number of thiazole rings is 1. The average Bonchev–Trinajstić information content (AvgIpc) is 3.58. The number of carbonyl (C=O) groups excluding carboxylic acids is 1. The first-order valence-corrected chi connectivity index (χ1v) is 11.8. The van der Waals surface area contributed by atoms with Crippen LogP contribution in [0.15, 0.2) is 41.8 Å². The molecule has 0 saturated carbocycles. The highest BCUT2D eigenvalue weighted by Crippen LogP contribution is 2.39. The molecule has 9 heteroatoms. The molecule has 2 heterocycles. The third-order valence-corrected chi connectivity index (χ3v) is 6.54. The highest BCUT2D eigenvalue weighted by Gasteiger charge is 2.28. The van der Waals surface area contributed by atoms with Gasteiger partial charge < -0.3 is 23.7 Å². The summed E-state index contributed by atoms with van der Waals surface area (Å²) in [4.78, 5) is 20.2. The fraction of sp³-hybridized carbons (Fsp3) is 0.360. The Morgan fingerprint density at radius 3 is 2.32 bits per heavy atom. The van der Waals surface area contributed by atoms with Gasteiger partial charge in [-0.25, -0.2) is 4.98 Å². The summed E-state index contributed by atoms with van der Waals surface area (Å²) in [7, 11) is 6.21. The van der Waals surface area contributed by atoms with E-state index in [4.69, 9.17) is 28.7 Å². The Morgan fingerprint density at radius 2 is 1.76 bits per heavy atom. The molecule has 0 N–H and O–H groups in total. The summed E-state index contributed by atoms with van der Waals surface area (Å²) < 4.78 is 27.4. The average molecular weight is 485 g/mol. The molecule has 1 aliphatic heterocycles. The second kappa shape index (κ2) is 10.8. The Bertz CT molecular complexity index is 1100. The lowest BCUT2D eigenvalue weighted by Gasteiger charge is -2.24. The SMILES string of the molecule is COc1ccc(-c2csc(N(CC3CCCO3)C(=O)c3cc(OC)c(OC)c(OC)c3)n2)cc1. The van der Waals surface area contributed by atoms with Crippen LogP contribution in [-0.2, 0) is 4.74 Å². The van der Waals surface area contributed by atoms with Crippen molar-refractivity contribution in [1.29, 1.82) is 0 Å². The molecule has 1 aliphatic rings. The van der Waals surface area contributed by atoms with Crippen LogP contribution in [0.2, 0.25) is 0 Å². The number of rotatable bonds is 9. The third kappa shape index (κ3) is 4.95. The summed E-state index contributed by atoms with van der Waals surface area (Å²) in [5.41, 5.74) is 2.15. The number of benzene rings is 2. The molecule has 1 saturated heterocycles. The summed E-state index contributed by atoms with van der Waals surface area (Å²) in [6, 6.07) is 11.0. The van der Waals surface area contributed by atoms with Crippen molar-refractivity contribution in [2.45, 2.75) is 18.9 Å². The van der Waals surface area contributed by atoms with Crippen LogP contribution in [0.1, 0.15) is 23.2 Å². The topological polar surface area (TPSA) is 79.4 Å². The zero-order valence-electron chi connectivity index (χ0n) is 19.7. The van der Waals surface area contributed by atoms with Crippen LogP contribution >= 0.6 is 11.3 Å². The predicted octanol–water partition coefficient (Wildman–Crippen LogP) is 4.67. The first-order valence-electron chi connectivity index (χ1n) is 10.9. The molecule has 180 valence electrons. The normalized spacial score (nSPS) is 15.1. The highest BCUT2D eigenvalue weighted by atomic mass is 32.1. The van der Waals surface area contributed by atoms with Gasteiger partial charge in [-0.05, 0) is 49.2 Å². The Kier molecular flexibility index (Phi) is 7.54. The first-order chi connectivity index (χ1) is 16.6. The van der Waals surface area contributed by atoms with E-state index in [-0.39, 0.29) is 12.0 Å². The zero-order valence-corrected chi connectivity index (χ0v) is 20.5. The number of amides is 1. The van der Waals surface area contributed by atoms with E-state index in [9.17, 15) is 4.79 Å². The highest BCUT2D eigenvalue weighted by molar-refractivity contribution is 7.14. The van der Waals surface area contributed by atoms with E-state index in [0.29, 0.717) is 41.1 Å². The van der Waals surface area contributed by atoms with Crippen LogP contribution in [0.4, 0.5) is 5.13 Å². The Hall–Kier alpha value is -3.30. The number of hydrogen-bond donors (Lipinski definition) is 0. The van der Waals surface area contributed by atoms with Gasteiger partial charge in [-0.2, -0.15) is 0 Å². The van der Waals surface area contributed by atoms with Crippen molar-refractivity contribution in [3.8, 4) is 34.3 Å². The Morgan fingerprint density at radius 1 is 1.06 bits per heavy atom. The van der Waals surface area contributed by atoms with Gasteiger partial charge in [0.1, 0.15) is 5.75 Å². The van der Waals surface area contributed by atoms with Crippen LogP contribution in [0.5, 0.6) is 23.0 Å². The lowest BCUT2D eigenvalue weighted by molar-refractivity contribution is 0.0916. The van der Waals surface area contributed by atoms with Crippen molar-refractivity contribution < 1.29 is 28.5 Å². The molecule has 1 aromatic heterocycles. The maximum Gasteiger partial charge on any atom is 0.260 e. The van der Waals surface area contributed by atoms with Gasteiger partial charge in [0.2, 0.25) is 5.75 Å². The van der Waals surface area contributed by atoms with E-state index in [1.54, 1.807) is 24.1 Å². The summed E-state index contributed by atoms with van der Waals surface area (Å²) >= 11 is 1.42. The van der Waals surface area contributed by atoms with Crippen LogP contribution in [-0.4, -0.2) is 58.6 Å². The minimum Gasteiger partial charge on any atom is -0.497 e. The van der Waals surface area contributed by atoms with Gasteiger partial charge in [-0.15, -0.1) is 11.3 Å². The van der Waals surface area contributed by atoms with Crippen molar-refractivity contribution in [2.75, 3.05) is 46.5 Å². The van der Waals surface area contributed by atoms with Crippen LogP contribution in [0, 0.1) is 0 Å². The molecule has 0 aliphatic carbocycles. The largest absolute Gasteiger partial charge is 0.497 e. The maximum atomic E-state index is 13.8. The standard InChI is InChI=1S/C25H28N2O6S/c1-29-18-9-7-16(8-10-18)20-15-34-25(26-20)27(14-19-6-5-11-33-19)24(28)17-12-21(30-2)23(32-4)22(13-17)31-3/h7-10,12-13,15,19H,5-6,11,14H2,1-4H3. The molecule has 0 bridgehead atoms. The lowest BCUT2D eigenvalue weighted by Crippen LogP contribution is -2.37. The molecular formula is C25H28N2O6S. The number of methoxy groups -OCH3 is 4. The number of aromatic nitrogens is 1. The second-order valence-corrected chi connectivity index (χ2v) is 8.55. The van der Waals surface area contributed by atoms with E-state index in [1.807, 2.05) is 29.6 Å². The fourth-order valence-electron chi connectivity index (χ4n) is 3.88. The number of nitrogens with zero attached hydrogens (tertiary/aromatic N) is 2. The maximum absolute atomic E-state index is 13.8. The van der Waals surface area contributed by atoms with Crippen LogP contribution in [0.3, 0.4) is 0 Å². The van der Waals surface area contributed by atoms with Gasteiger partial charge in [0.15, 0.2) is 16.6 Å². The number of ether oxygens (including phenoxy) is 5. The second-order valence-electron chi connectivity index (χ2n) is 7.71. The van der Waals surface area contributed by atoms with Crippen molar-refractivity contribution in [3.63, 3.8) is 0 Å². The molecule has 2 aromatic carbocycles. The number of hydrogen-bond acceptors (Lipinski definition) is 8. The van der Waals surface area contributed by atoms with Crippen LogP contribution < -0.4 is 23.8 Å². The van der Waals surface area contributed by atoms with Crippen molar-refractivity contribution >= 4 is 22.4 Å². The lowest BCUT2D eigenvalue weighted by atomic mass is 10.1. The monoisotopic (exact) mass is 484 g/mol. The van der Waals surface area contributed by atoms with Crippen molar-refractivity contribution in [2.24, 2.45) is 0 Å². The molecule has 1 fully saturated rings. The summed E-state index contributed by atoms with van der Waals surface area (Å²) in [6.07, 6.45) is 1.83. The Balaban J connectivity index is 1.69. The van der Waals surface area contributed by atoms with E-state index in [1.165, 1.54) is 32.7 Å². The fourth-order valence-corrected chi connectivity index (χ4v) is 4.72. The molecule has 0 spiro atoms. The Labute approximate surface area is 203 Å². The molecular weight excluding hydrogens is 456 g/mol. The summed E-state index contributed by atoms with van der Waals surface area (Å²) in [5.74, 6) is 1.83. The van der Waals surface area contributed by atoms with E-state index >= 15 is 0 Å². The third-order valence-electron chi connectivity index (χ3n) is 5.68. The van der Waals surface area contributed by atoms with E-state index in [2.05, 4.69) is 0 Å². The molecule has 0 radical (unpaired) electrons. The van der Waals surface area contributed by atoms with Gasteiger partial charge in [0, 0.05) is 23.1 Å². The van der Waals surface area contributed by atoms with E-state index in [0.717, 1.165) is 29.8 Å². The molecule has 8 nitrogen and oxygen atoms in total. The zero-order chi connectivity index (χ0) is 24.1. The van der Waals surface area contributed by atoms with Crippen molar-refractivity contribution in [3.05, 3.63) is 47.3 Å². The molecule has 3 aromatic rings. The van der Waals surface area contributed by atoms with Crippen molar-refractivity contribution in [1.82, 2.24) is 4.98 Å². The molecule has 1 unspecified atom stereocenters. The summed E-state index contributed by atoms with van der Waals surface area (Å²) in [6.45, 7) is 1.11. The molecule has 1 amide bonds. The number of carbonyl (C=O) groups is 1. The smallest absolute Gasteiger partial charge is 0.260 e. The van der Waals surface area contributed by atoms with Gasteiger partial charge in [-0.3, -0.25) is 9.69 Å². The first kappa shape index (κ1) is 23.8. The minimum atomic E-state index is -0.217. The molecule has 1 atom stereocenters.